The van der Waals surface area contributed by atoms with Crippen LogP contribution < -0.4 is 25.4 Å². The number of benzene rings is 4. The van der Waals surface area contributed by atoms with Crippen LogP contribution in [-0.2, 0) is 0 Å². The molecule has 4 aromatic carbocycles. The van der Waals surface area contributed by atoms with Crippen molar-refractivity contribution in [2.75, 3.05) is 31.4 Å². The highest BCUT2D eigenvalue weighted by Gasteiger charge is 2.24. The van der Waals surface area contributed by atoms with Crippen molar-refractivity contribution in [3.63, 3.8) is 0 Å². The molecule has 0 spiro atoms. The van der Waals surface area contributed by atoms with Gasteiger partial charge in [-0.3, -0.25) is 19.7 Å². The minimum Gasteiger partial charge on any atom is -0.507 e. The molecule has 0 saturated heterocycles. The standard InChI is InChI=1S/C33H32N4O8/c1-20(38)27-18-30(44-2)31(45-3)19-28(27)25(16-17-34-32(40)26-6-4-5-7-29(26)39)21-8-10-22(11-9-21)35-33(41)36-23-12-14-24(15-13-23)37(42)43/h4-15,18-19,25,39H,16-17H2,1-3H3,(H,34,40)(H2,35,36,41). The number of non-ortho nitro benzene ring substituents is 1. The molecule has 0 aliphatic carbocycles. The second-order valence-corrected chi connectivity index (χ2v) is 9.97. The Kier molecular flexibility index (Phi) is 10.3. The van der Waals surface area contributed by atoms with Gasteiger partial charge in [-0.2, -0.15) is 0 Å². The zero-order valence-corrected chi connectivity index (χ0v) is 24.8. The molecule has 0 bridgehead atoms. The zero-order valence-electron chi connectivity index (χ0n) is 24.8. The Hall–Kier alpha value is -5.91. The number of nitro benzene ring substituents is 1. The fraction of sp³-hybridized carbons (Fsp3) is 0.182. The normalized spacial score (nSPS) is 11.2. The molecule has 12 heteroatoms. The zero-order chi connectivity index (χ0) is 32.5. The predicted molar refractivity (Wildman–Crippen MR) is 169 cm³/mol. The number of para-hydroxylation sites is 1. The molecular weight excluding hydrogens is 580 g/mol. The third kappa shape index (κ3) is 7.93. The highest BCUT2D eigenvalue weighted by atomic mass is 16.6. The highest BCUT2D eigenvalue weighted by molar-refractivity contribution is 6.00. The van der Waals surface area contributed by atoms with Crippen LogP contribution in [0.4, 0.5) is 21.9 Å². The van der Waals surface area contributed by atoms with Crippen molar-refractivity contribution in [3.8, 4) is 17.2 Å². The van der Waals surface area contributed by atoms with E-state index in [-0.39, 0.29) is 29.3 Å². The SMILES string of the molecule is COc1cc(C(C)=O)c(C(CCNC(=O)c2ccccc2O)c2ccc(NC(=O)Nc3ccc([N+](=O)[O-])cc3)cc2)cc1OC. The number of nitrogens with zero attached hydrogens (tertiary/aromatic N) is 1. The van der Waals surface area contributed by atoms with Crippen LogP contribution in [-0.4, -0.2) is 48.5 Å². The number of phenols is 1. The molecule has 45 heavy (non-hydrogen) atoms. The number of amides is 3. The predicted octanol–water partition coefficient (Wildman–Crippen LogP) is 6.12. The number of carbonyl (C=O) groups is 3. The van der Waals surface area contributed by atoms with Gasteiger partial charge in [-0.25, -0.2) is 4.79 Å². The van der Waals surface area contributed by atoms with Crippen molar-refractivity contribution in [2.24, 2.45) is 0 Å². The molecule has 232 valence electrons. The van der Waals surface area contributed by atoms with E-state index in [0.29, 0.717) is 40.4 Å². The quantitative estimate of drug-likeness (QED) is 0.0843. The number of Topliss-reactive ketones (excluding diaryl/α,β-unsaturated/α-hetero) is 1. The fourth-order valence-electron chi connectivity index (χ4n) is 4.84. The van der Waals surface area contributed by atoms with Gasteiger partial charge >= 0.3 is 6.03 Å². The number of nitrogens with one attached hydrogen (secondary N) is 3. The molecule has 0 saturated carbocycles. The molecule has 0 aliphatic rings. The van der Waals surface area contributed by atoms with E-state index in [1.807, 2.05) is 0 Å². The molecule has 0 fully saturated rings. The van der Waals surface area contributed by atoms with Crippen LogP contribution in [0.3, 0.4) is 0 Å². The minimum absolute atomic E-state index is 0.0914. The van der Waals surface area contributed by atoms with E-state index in [4.69, 9.17) is 9.47 Å². The van der Waals surface area contributed by atoms with Crippen LogP contribution in [0.25, 0.3) is 0 Å². The number of ketones is 1. The van der Waals surface area contributed by atoms with E-state index >= 15 is 0 Å². The molecule has 4 N–H and O–H groups in total. The summed E-state index contributed by atoms with van der Waals surface area (Å²) in [7, 11) is 2.98. The summed E-state index contributed by atoms with van der Waals surface area (Å²) in [4.78, 5) is 48.4. The molecule has 1 atom stereocenters. The van der Waals surface area contributed by atoms with Crippen LogP contribution >= 0.6 is 0 Å². The lowest BCUT2D eigenvalue weighted by molar-refractivity contribution is -0.384. The number of aromatic hydroxyl groups is 1. The first-order valence-electron chi connectivity index (χ1n) is 13.9. The second kappa shape index (κ2) is 14.5. The van der Waals surface area contributed by atoms with E-state index in [2.05, 4.69) is 16.0 Å². The third-order valence-corrected chi connectivity index (χ3v) is 7.08. The van der Waals surface area contributed by atoms with Gasteiger partial charge in [-0.05, 0) is 73.0 Å². The van der Waals surface area contributed by atoms with Gasteiger partial charge in [0.05, 0.1) is 24.7 Å². The lowest BCUT2D eigenvalue weighted by atomic mass is 9.84. The van der Waals surface area contributed by atoms with Crippen molar-refractivity contribution in [1.29, 1.82) is 0 Å². The summed E-state index contributed by atoms with van der Waals surface area (Å²) < 4.78 is 10.9. The molecule has 4 rings (SSSR count). The number of hydrogen-bond donors (Lipinski definition) is 4. The lowest BCUT2D eigenvalue weighted by Crippen LogP contribution is -2.26. The van der Waals surface area contributed by atoms with Gasteiger partial charge in [0, 0.05) is 41.5 Å². The van der Waals surface area contributed by atoms with Gasteiger partial charge in [0.15, 0.2) is 17.3 Å². The molecule has 4 aromatic rings. The summed E-state index contributed by atoms with van der Waals surface area (Å²) in [6.07, 6.45) is 0.377. The van der Waals surface area contributed by atoms with Crippen LogP contribution in [0.2, 0.25) is 0 Å². The number of anilines is 2. The number of methoxy groups -OCH3 is 2. The number of hydrogen-bond acceptors (Lipinski definition) is 8. The Labute approximate surface area is 259 Å². The first-order chi connectivity index (χ1) is 21.6. The highest BCUT2D eigenvalue weighted by Crippen LogP contribution is 2.38. The van der Waals surface area contributed by atoms with E-state index < -0.39 is 22.8 Å². The Morgan fingerprint density at radius 3 is 1.98 bits per heavy atom. The maximum absolute atomic E-state index is 12.8. The number of nitro groups is 1. The van der Waals surface area contributed by atoms with E-state index in [0.717, 1.165) is 5.56 Å². The number of rotatable bonds is 12. The average Bonchev–Trinajstić information content (AvgIpc) is 3.03. The van der Waals surface area contributed by atoms with Crippen LogP contribution in [0.1, 0.15) is 51.1 Å². The number of urea groups is 1. The first kappa shape index (κ1) is 32.0. The summed E-state index contributed by atoms with van der Waals surface area (Å²) in [6.45, 7) is 1.67. The summed E-state index contributed by atoms with van der Waals surface area (Å²) in [5.74, 6) is -0.319. The smallest absolute Gasteiger partial charge is 0.323 e. The van der Waals surface area contributed by atoms with Crippen LogP contribution in [0.5, 0.6) is 17.2 Å². The summed E-state index contributed by atoms with van der Waals surface area (Å²) >= 11 is 0. The molecule has 0 heterocycles. The Morgan fingerprint density at radius 1 is 0.844 bits per heavy atom. The van der Waals surface area contributed by atoms with Gasteiger partial charge in [0.25, 0.3) is 11.6 Å². The van der Waals surface area contributed by atoms with Gasteiger partial charge in [-0.1, -0.05) is 24.3 Å². The third-order valence-electron chi connectivity index (χ3n) is 7.08. The molecule has 0 aromatic heterocycles. The van der Waals surface area contributed by atoms with E-state index in [1.54, 1.807) is 48.5 Å². The molecule has 0 radical (unpaired) electrons. The lowest BCUT2D eigenvalue weighted by Gasteiger charge is -2.23. The molecule has 12 nitrogen and oxygen atoms in total. The van der Waals surface area contributed by atoms with Crippen LogP contribution in [0, 0.1) is 10.1 Å². The maximum atomic E-state index is 12.8. The van der Waals surface area contributed by atoms with Gasteiger partial charge in [0.1, 0.15) is 5.75 Å². The van der Waals surface area contributed by atoms with Gasteiger partial charge in [-0.15, -0.1) is 0 Å². The largest absolute Gasteiger partial charge is 0.507 e. The number of phenolic OH excluding ortho intramolecular Hbond substituents is 1. The van der Waals surface area contributed by atoms with Crippen molar-refractivity contribution in [2.45, 2.75) is 19.3 Å². The molecular formula is C33H32N4O8. The van der Waals surface area contributed by atoms with Gasteiger partial charge < -0.3 is 30.5 Å². The Balaban J connectivity index is 1.58. The van der Waals surface area contributed by atoms with Crippen molar-refractivity contribution in [3.05, 3.63) is 117 Å². The van der Waals surface area contributed by atoms with Crippen molar-refractivity contribution >= 4 is 34.8 Å². The summed E-state index contributed by atoms with van der Waals surface area (Å²) in [5, 5.41) is 29.1. The molecule has 0 aliphatic heterocycles. The van der Waals surface area contributed by atoms with E-state index in [9.17, 15) is 29.6 Å². The van der Waals surface area contributed by atoms with Crippen molar-refractivity contribution < 1.29 is 33.9 Å². The minimum atomic E-state index is -0.543. The van der Waals surface area contributed by atoms with E-state index in [1.165, 1.54) is 57.5 Å². The molecule has 3 amide bonds. The Bertz CT molecular complexity index is 1710. The fourth-order valence-corrected chi connectivity index (χ4v) is 4.84. The Morgan fingerprint density at radius 2 is 1.42 bits per heavy atom. The van der Waals surface area contributed by atoms with Gasteiger partial charge in [0.2, 0.25) is 0 Å². The summed E-state index contributed by atoms with van der Waals surface area (Å²) in [5.41, 5.74) is 2.79. The topological polar surface area (TPSA) is 169 Å². The van der Waals surface area contributed by atoms with Crippen LogP contribution in [0.15, 0.2) is 84.9 Å². The first-order valence-corrected chi connectivity index (χ1v) is 13.9. The number of ether oxygens (including phenoxy) is 2. The molecule has 1 unspecified atom stereocenters. The second-order valence-electron chi connectivity index (χ2n) is 9.97. The maximum Gasteiger partial charge on any atom is 0.323 e. The monoisotopic (exact) mass is 612 g/mol. The summed E-state index contributed by atoms with van der Waals surface area (Å²) in [6, 6.07) is 21.5. The van der Waals surface area contributed by atoms with Crippen molar-refractivity contribution in [1.82, 2.24) is 5.32 Å². The average molecular weight is 613 g/mol. The number of carbonyl (C=O) groups excluding carboxylic acids is 3.